The summed E-state index contributed by atoms with van der Waals surface area (Å²) in [5.41, 5.74) is 1.32. The Bertz CT molecular complexity index is 720. The second-order valence-electron chi connectivity index (χ2n) is 4.03. The summed E-state index contributed by atoms with van der Waals surface area (Å²) in [5, 5.41) is -0.364. The molecule has 110 valence electrons. The van der Waals surface area contributed by atoms with E-state index in [0.29, 0.717) is 11.1 Å². The van der Waals surface area contributed by atoms with Crippen LogP contribution in [-0.2, 0) is 0 Å². The summed E-state index contributed by atoms with van der Waals surface area (Å²) < 4.78 is 74.1. The van der Waals surface area contributed by atoms with Gasteiger partial charge >= 0.3 is 15.7 Å². The van der Waals surface area contributed by atoms with E-state index in [2.05, 4.69) is 15.6 Å². The van der Waals surface area contributed by atoms with Gasteiger partial charge in [0.2, 0.25) is 0 Å². The van der Waals surface area contributed by atoms with E-state index in [0.717, 1.165) is 12.1 Å². The summed E-state index contributed by atoms with van der Waals surface area (Å²) >= 11 is 0. The van der Waals surface area contributed by atoms with Crippen molar-refractivity contribution < 1.29 is 21.0 Å². The van der Waals surface area contributed by atoms with Gasteiger partial charge in [0.05, 0.1) is 0 Å². The predicted molar refractivity (Wildman–Crippen MR) is 74.4 cm³/mol. The Morgan fingerprint density at radius 2 is 1.40 bits per heavy atom. The number of allylic oxidation sites excluding steroid dienone is 1. The van der Waals surface area contributed by atoms with Crippen LogP contribution in [0.25, 0.3) is 5.57 Å². The van der Waals surface area contributed by atoms with E-state index in [1.807, 2.05) is 4.52 Å². The van der Waals surface area contributed by atoms with Gasteiger partial charge in [0, 0.05) is 5.30 Å². The van der Waals surface area contributed by atoms with Crippen LogP contribution in [0.1, 0.15) is 12.5 Å². The molecular weight excluding hydrogens is 338 g/mol. The highest BCUT2D eigenvalue weighted by Gasteiger charge is 2.39. The quantitative estimate of drug-likeness (QED) is 0.403. The van der Waals surface area contributed by atoms with Crippen molar-refractivity contribution in [3.05, 3.63) is 36.4 Å². The van der Waals surface area contributed by atoms with E-state index < -0.39 is 23.2 Å². The van der Waals surface area contributed by atoms with Gasteiger partial charge in [-0.3, -0.25) is 0 Å². The first-order valence-electron chi connectivity index (χ1n) is 5.19. The third-order valence-corrected chi connectivity index (χ3v) is 8.65. The Kier molecular flexibility index (Phi) is 3.87. The van der Waals surface area contributed by atoms with Crippen molar-refractivity contribution in [3.63, 3.8) is 0 Å². The first-order chi connectivity index (χ1) is 9.03. The average molecular weight is 347 g/mol. The first-order valence-corrected chi connectivity index (χ1v) is 9.73. The van der Waals surface area contributed by atoms with Crippen LogP contribution in [-0.4, -0.2) is 0 Å². The van der Waals surface area contributed by atoms with Crippen LogP contribution in [0, 0.1) is 0 Å². The molecule has 0 saturated heterocycles. The van der Waals surface area contributed by atoms with Gasteiger partial charge in [-0.1, -0.05) is 24.3 Å². The number of benzene rings is 1. The topological polar surface area (TPSA) is 37.1 Å². The molecule has 1 unspecified atom stereocenters. The molecule has 1 aliphatic rings. The molecule has 0 fully saturated rings. The molecule has 0 saturated carbocycles. The number of rotatable bonds is 2. The van der Waals surface area contributed by atoms with Crippen LogP contribution in [0.3, 0.4) is 0 Å². The third-order valence-electron chi connectivity index (χ3n) is 2.36. The summed E-state index contributed by atoms with van der Waals surface area (Å²) in [5.74, 6) is 0. The van der Waals surface area contributed by atoms with Gasteiger partial charge < -0.3 is 0 Å². The van der Waals surface area contributed by atoms with Crippen LogP contribution in [0.5, 0.6) is 0 Å². The van der Waals surface area contributed by atoms with Crippen molar-refractivity contribution in [2.75, 3.05) is 0 Å². The van der Waals surface area contributed by atoms with Crippen LogP contribution in [0.15, 0.2) is 44.4 Å². The second-order valence-corrected chi connectivity index (χ2v) is 9.57. The zero-order valence-electron chi connectivity index (χ0n) is 10.1. The number of hydrogen-bond acceptors (Lipinski definition) is 3. The van der Waals surface area contributed by atoms with Crippen molar-refractivity contribution in [2.24, 2.45) is 13.5 Å². The molecule has 3 nitrogen and oxygen atoms in total. The summed E-state index contributed by atoms with van der Waals surface area (Å²) in [4.78, 5) is 0. The van der Waals surface area contributed by atoms with E-state index in [4.69, 9.17) is 0 Å². The molecule has 11 heteroatoms. The maximum Gasteiger partial charge on any atom is 0.423 e. The lowest BCUT2D eigenvalue weighted by Crippen LogP contribution is -2.00. The molecule has 1 aromatic carbocycles. The van der Waals surface area contributed by atoms with Gasteiger partial charge in [-0.05, 0) is 24.6 Å². The van der Waals surface area contributed by atoms with E-state index in [-0.39, 0.29) is 5.30 Å². The number of hydrogen-bond donors (Lipinski definition) is 0. The van der Waals surface area contributed by atoms with Crippen LogP contribution >= 0.6 is 23.2 Å². The zero-order chi connectivity index (χ0) is 15.2. The maximum absolute atomic E-state index is 14.4. The summed E-state index contributed by atoms with van der Waals surface area (Å²) in [6.07, 6.45) is 0. The van der Waals surface area contributed by atoms with E-state index >= 15 is 0 Å². The van der Waals surface area contributed by atoms with Crippen molar-refractivity contribution in [2.45, 2.75) is 6.92 Å². The minimum Gasteiger partial charge on any atom is -0.178 e. The van der Waals surface area contributed by atoms with Crippen molar-refractivity contribution in [1.29, 1.82) is 0 Å². The lowest BCUT2D eigenvalue weighted by Gasteiger charge is -2.17. The molecule has 1 heterocycles. The van der Waals surface area contributed by atoms with Gasteiger partial charge in [0.1, 0.15) is 0 Å². The molecule has 0 bridgehead atoms. The Hall–Kier alpha value is -0.700. The Morgan fingerprint density at radius 3 is 1.85 bits per heavy atom. The smallest absolute Gasteiger partial charge is 0.178 e. The largest absolute Gasteiger partial charge is 0.423 e. The van der Waals surface area contributed by atoms with E-state index in [1.54, 1.807) is 6.92 Å². The van der Waals surface area contributed by atoms with Gasteiger partial charge in [0.25, 0.3) is 7.52 Å². The molecule has 1 aliphatic heterocycles. The fourth-order valence-electron chi connectivity index (χ4n) is 1.51. The number of nitrogens with zero attached hydrogens (tertiary/aromatic N) is 3. The Balaban J connectivity index is 2.63. The van der Waals surface area contributed by atoms with Crippen LogP contribution in [0.2, 0.25) is 0 Å². The van der Waals surface area contributed by atoms with Gasteiger partial charge in [0.15, 0.2) is 0 Å². The molecule has 1 aromatic rings. The summed E-state index contributed by atoms with van der Waals surface area (Å²) in [6, 6.07) is 5.08. The monoisotopic (exact) mass is 347 g/mol. The highest BCUT2D eigenvalue weighted by Crippen LogP contribution is 2.81. The lowest BCUT2D eigenvalue weighted by molar-refractivity contribution is 0.697. The summed E-state index contributed by atoms with van der Waals surface area (Å²) in [7, 11) is -16.1. The fraction of sp³-hybridized carbons (Fsp3) is 0.111. The molecule has 0 aliphatic carbocycles. The minimum atomic E-state index is -5.66. The molecule has 0 N–H and O–H groups in total. The predicted octanol–water partition coefficient (Wildman–Crippen LogP) is 7.13. The Morgan fingerprint density at radius 1 is 0.900 bits per heavy atom. The van der Waals surface area contributed by atoms with E-state index in [9.17, 15) is 21.0 Å². The van der Waals surface area contributed by atoms with Gasteiger partial charge in [-0.2, -0.15) is 13.2 Å². The summed E-state index contributed by atoms with van der Waals surface area (Å²) in [6.45, 7) is 5.35. The van der Waals surface area contributed by atoms with Gasteiger partial charge in [-0.15, -0.1) is 21.3 Å². The molecule has 20 heavy (non-hydrogen) atoms. The molecule has 1 atom stereocenters. The zero-order valence-corrected chi connectivity index (χ0v) is 12.8. The third kappa shape index (κ3) is 3.30. The molecule has 0 spiro atoms. The van der Waals surface area contributed by atoms with Crippen molar-refractivity contribution in [3.8, 4) is 0 Å². The first kappa shape index (κ1) is 15.7. The standard InChI is InChI=1S/C9H9F5N3P3/c1-7(2)8-3-5-9(6-4-8)18(10)15-19(11,12)17-20(13,14)16-18/h3-6H,1H2,2H3. The second kappa shape index (κ2) is 4.94. The molecule has 0 amide bonds. The number of halogens is 5. The van der Waals surface area contributed by atoms with Gasteiger partial charge in [-0.25, -0.2) is 0 Å². The van der Waals surface area contributed by atoms with E-state index in [1.165, 1.54) is 12.1 Å². The molecule has 0 aromatic heterocycles. The fourth-order valence-corrected chi connectivity index (χ4v) is 7.57. The lowest BCUT2D eigenvalue weighted by atomic mass is 10.1. The highest BCUT2D eigenvalue weighted by atomic mass is 31.3. The van der Waals surface area contributed by atoms with Crippen molar-refractivity contribution >= 4 is 34.0 Å². The minimum absolute atomic E-state index is 0.364. The average Bonchev–Trinajstić information content (AvgIpc) is 2.24. The molecular formula is C9H9F5N3P3. The van der Waals surface area contributed by atoms with Crippen LogP contribution in [0.4, 0.5) is 21.0 Å². The van der Waals surface area contributed by atoms with Crippen molar-refractivity contribution in [1.82, 2.24) is 0 Å². The SMILES string of the molecule is C=C(C)c1ccc(P2(F)=NP(F)(F)=NP(F)(F)=N2)cc1. The molecule has 2 rings (SSSR count). The Labute approximate surface area is 112 Å². The van der Waals surface area contributed by atoms with Crippen LogP contribution < -0.4 is 5.30 Å². The molecule has 0 radical (unpaired) electrons. The maximum atomic E-state index is 14.4. The highest BCUT2D eigenvalue weighted by molar-refractivity contribution is 7.82. The normalized spacial score (nSPS) is 26.9.